The number of nitrogens with zero attached hydrogens (tertiary/aromatic N) is 6. The Balaban J connectivity index is 0.000000171. The van der Waals surface area contributed by atoms with Gasteiger partial charge in [0.2, 0.25) is 0 Å². The number of hydrogen-bond acceptors (Lipinski definition) is 8. The first-order valence-corrected chi connectivity index (χ1v) is 14.1. The fourth-order valence-electron chi connectivity index (χ4n) is 4.75. The predicted octanol–water partition coefficient (Wildman–Crippen LogP) is 4.25. The number of halogens is 1. The molecule has 0 saturated heterocycles. The van der Waals surface area contributed by atoms with Crippen LogP contribution >= 0.6 is 11.6 Å². The van der Waals surface area contributed by atoms with Crippen molar-refractivity contribution in [2.24, 2.45) is 0 Å². The molecule has 2 N–H and O–H groups in total. The van der Waals surface area contributed by atoms with Crippen molar-refractivity contribution < 1.29 is 10.2 Å². The third kappa shape index (κ3) is 6.36. The normalized spacial score (nSPS) is 11.0. The maximum atomic E-state index is 12.7. The van der Waals surface area contributed by atoms with Gasteiger partial charge >= 0.3 is 0 Å². The zero-order valence-electron chi connectivity index (χ0n) is 23.4. The SMILES string of the molecule is Cc1cc(Cl)ccc1-c1nc2cccnc2n(CCO)c1=O.O=c1c(-c2ccccc2)nc2cccnc2n1CCCO. The molecule has 43 heavy (non-hydrogen) atoms. The zero-order valence-corrected chi connectivity index (χ0v) is 24.1. The van der Waals surface area contributed by atoms with E-state index < -0.39 is 0 Å². The van der Waals surface area contributed by atoms with Gasteiger partial charge in [-0.3, -0.25) is 18.7 Å². The standard InChI is InChI=1S/C16H14ClN3O2.C16H15N3O2/c1-10-9-11(17)4-5-12(10)14-16(22)20(7-8-21)15-13(19-14)3-2-6-18-15;20-11-5-10-19-15-13(8-4-9-17-15)18-14(16(19)21)12-6-2-1-3-7-12/h2-6,9,21H,7-8H2,1H3;1-4,6-9,20H,5,10-11H2. The number of benzene rings is 2. The molecule has 0 radical (unpaired) electrons. The molecule has 10 nitrogen and oxygen atoms in total. The summed E-state index contributed by atoms with van der Waals surface area (Å²) in [4.78, 5) is 42.8. The minimum absolute atomic E-state index is 0.0315. The summed E-state index contributed by atoms with van der Waals surface area (Å²) in [6.07, 6.45) is 3.75. The number of hydrogen-bond donors (Lipinski definition) is 2. The van der Waals surface area contributed by atoms with Gasteiger partial charge in [-0.2, -0.15) is 0 Å². The number of aryl methyl sites for hydroxylation is 2. The van der Waals surface area contributed by atoms with Crippen molar-refractivity contribution in [2.75, 3.05) is 13.2 Å². The first kappa shape index (κ1) is 29.7. The van der Waals surface area contributed by atoms with Gasteiger partial charge in [0.25, 0.3) is 11.1 Å². The summed E-state index contributed by atoms with van der Waals surface area (Å²) in [5.41, 5.74) is 4.98. The summed E-state index contributed by atoms with van der Waals surface area (Å²) in [5, 5.41) is 18.9. The number of aliphatic hydroxyl groups excluding tert-OH is 2. The molecule has 0 bridgehead atoms. The summed E-state index contributed by atoms with van der Waals surface area (Å²) in [6.45, 7) is 2.37. The summed E-state index contributed by atoms with van der Waals surface area (Å²) in [5.74, 6) is 0. The molecule has 0 aliphatic heterocycles. The Bertz CT molecular complexity index is 2010. The highest BCUT2D eigenvalue weighted by Crippen LogP contribution is 2.23. The van der Waals surface area contributed by atoms with Gasteiger partial charge in [0.05, 0.1) is 13.2 Å². The van der Waals surface area contributed by atoms with Crippen molar-refractivity contribution in [3.63, 3.8) is 0 Å². The lowest BCUT2D eigenvalue weighted by molar-refractivity contribution is 0.276. The van der Waals surface area contributed by atoms with E-state index in [-0.39, 0.29) is 30.9 Å². The van der Waals surface area contributed by atoms with Gasteiger partial charge in [-0.1, -0.05) is 48.0 Å². The summed E-state index contributed by atoms with van der Waals surface area (Å²) in [6, 6.07) is 21.9. The molecule has 0 atom stereocenters. The first-order chi connectivity index (χ1) is 20.9. The smallest absolute Gasteiger partial charge is 0.278 e. The van der Waals surface area contributed by atoms with Gasteiger partial charge in [0.1, 0.15) is 22.4 Å². The highest BCUT2D eigenvalue weighted by Gasteiger charge is 2.15. The van der Waals surface area contributed by atoms with E-state index in [1.807, 2.05) is 43.3 Å². The predicted molar refractivity (Wildman–Crippen MR) is 167 cm³/mol. The lowest BCUT2D eigenvalue weighted by atomic mass is 10.1. The molecule has 0 aliphatic rings. The van der Waals surface area contributed by atoms with Crippen LogP contribution in [-0.2, 0) is 13.1 Å². The van der Waals surface area contributed by atoms with Crippen molar-refractivity contribution in [1.82, 2.24) is 29.1 Å². The number of aromatic nitrogens is 6. The topological polar surface area (TPSA) is 136 Å². The second-order valence-electron chi connectivity index (χ2n) is 9.65. The maximum Gasteiger partial charge on any atom is 0.278 e. The molecule has 4 heterocycles. The third-order valence-corrected chi connectivity index (χ3v) is 6.99. The molecule has 0 aliphatic carbocycles. The largest absolute Gasteiger partial charge is 0.396 e. The molecule has 0 fully saturated rings. The number of fused-ring (bicyclic) bond motifs is 2. The molecule has 2 aromatic carbocycles. The molecule has 6 rings (SSSR count). The fraction of sp³-hybridized carbons (Fsp3) is 0.188. The van der Waals surface area contributed by atoms with Crippen LogP contribution in [0, 0.1) is 6.92 Å². The van der Waals surface area contributed by atoms with Crippen LogP contribution in [0.4, 0.5) is 0 Å². The molecule has 0 spiro atoms. The number of aliphatic hydroxyl groups is 2. The highest BCUT2D eigenvalue weighted by atomic mass is 35.5. The van der Waals surface area contributed by atoms with Crippen LogP contribution in [-0.4, -0.2) is 52.5 Å². The van der Waals surface area contributed by atoms with Crippen LogP contribution in [0.5, 0.6) is 0 Å². The average molecular weight is 597 g/mol. The van der Waals surface area contributed by atoms with Gasteiger partial charge in [-0.25, -0.2) is 19.9 Å². The van der Waals surface area contributed by atoms with E-state index in [0.717, 1.165) is 16.7 Å². The Kier molecular flexibility index (Phi) is 9.31. The van der Waals surface area contributed by atoms with E-state index in [0.29, 0.717) is 51.7 Å². The summed E-state index contributed by atoms with van der Waals surface area (Å²) < 4.78 is 3.03. The minimum atomic E-state index is -0.273. The highest BCUT2D eigenvalue weighted by molar-refractivity contribution is 6.30. The second kappa shape index (κ2) is 13.5. The van der Waals surface area contributed by atoms with Crippen LogP contribution in [0.1, 0.15) is 12.0 Å². The van der Waals surface area contributed by atoms with Crippen molar-refractivity contribution in [3.8, 4) is 22.5 Å². The van der Waals surface area contributed by atoms with Crippen molar-refractivity contribution in [3.05, 3.63) is 116 Å². The lowest BCUT2D eigenvalue weighted by Gasteiger charge is -2.11. The third-order valence-electron chi connectivity index (χ3n) is 6.76. The van der Waals surface area contributed by atoms with E-state index in [1.165, 1.54) is 4.57 Å². The van der Waals surface area contributed by atoms with E-state index in [1.54, 1.807) is 53.4 Å². The van der Waals surface area contributed by atoms with Gasteiger partial charge in [0.15, 0.2) is 11.3 Å². The molecule has 0 unspecified atom stereocenters. The molecule has 11 heteroatoms. The van der Waals surface area contributed by atoms with E-state index in [2.05, 4.69) is 19.9 Å². The Morgan fingerprint density at radius 1 is 0.721 bits per heavy atom. The van der Waals surface area contributed by atoms with E-state index in [9.17, 15) is 14.7 Å². The van der Waals surface area contributed by atoms with Gasteiger partial charge in [0, 0.05) is 41.7 Å². The van der Waals surface area contributed by atoms with Gasteiger partial charge in [-0.15, -0.1) is 0 Å². The Morgan fingerprint density at radius 3 is 1.93 bits per heavy atom. The van der Waals surface area contributed by atoms with Crippen molar-refractivity contribution >= 4 is 33.9 Å². The fourth-order valence-corrected chi connectivity index (χ4v) is 4.97. The Morgan fingerprint density at radius 2 is 1.33 bits per heavy atom. The van der Waals surface area contributed by atoms with Crippen LogP contribution in [0.3, 0.4) is 0 Å². The van der Waals surface area contributed by atoms with Crippen LogP contribution in [0.15, 0.2) is 94.8 Å². The molecular weight excluding hydrogens is 568 g/mol. The molecule has 6 aromatic rings. The van der Waals surface area contributed by atoms with Crippen LogP contribution in [0.2, 0.25) is 5.02 Å². The monoisotopic (exact) mass is 596 g/mol. The lowest BCUT2D eigenvalue weighted by Crippen LogP contribution is -2.25. The molecule has 218 valence electrons. The number of rotatable bonds is 7. The molecule has 0 amide bonds. The molecule has 4 aromatic heterocycles. The first-order valence-electron chi connectivity index (χ1n) is 13.7. The average Bonchev–Trinajstić information content (AvgIpc) is 3.03. The summed E-state index contributed by atoms with van der Waals surface area (Å²) >= 11 is 5.97. The quantitative estimate of drug-likeness (QED) is 0.279. The summed E-state index contributed by atoms with van der Waals surface area (Å²) in [7, 11) is 0. The second-order valence-corrected chi connectivity index (χ2v) is 10.1. The molecular formula is C32H29ClN6O4. The van der Waals surface area contributed by atoms with Gasteiger partial charge in [-0.05, 0) is 55.3 Å². The number of pyridine rings is 2. The van der Waals surface area contributed by atoms with Crippen LogP contribution < -0.4 is 11.1 Å². The Hall–Kier alpha value is -4.77. The van der Waals surface area contributed by atoms with Crippen molar-refractivity contribution in [1.29, 1.82) is 0 Å². The Labute approximate surface area is 251 Å². The van der Waals surface area contributed by atoms with Crippen molar-refractivity contribution in [2.45, 2.75) is 26.4 Å². The molecule has 0 saturated carbocycles. The van der Waals surface area contributed by atoms with E-state index in [4.69, 9.17) is 16.7 Å². The minimum Gasteiger partial charge on any atom is -0.396 e. The van der Waals surface area contributed by atoms with Gasteiger partial charge < -0.3 is 10.2 Å². The van der Waals surface area contributed by atoms with Crippen LogP contribution in [0.25, 0.3) is 44.8 Å². The zero-order chi connectivity index (χ0) is 30.3. The maximum absolute atomic E-state index is 12.7. The van der Waals surface area contributed by atoms with E-state index >= 15 is 0 Å².